The van der Waals surface area contributed by atoms with Crippen LogP contribution >= 0.6 is 0 Å². The number of fused-ring (bicyclic) bond motifs is 1. The van der Waals surface area contributed by atoms with Gasteiger partial charge in [-0.2, -0.15) is 0 Å². The van der Waals surface area contributed by atoms with Crippen molar-refractivity contribution >= 4 is 20.9 Å². The molecule has 2 aromatic carbocycles. The SMILES string of the molecule is CC(C)c1cc(C(C)C)c2cc(C(C)C)c(S(=O)(=O)[O-])cc2c1.[Na+]. The van der Waals surface area contributed by atoms with Gasteiger partial charge in [0, 0.05) is 0 Å². The zero-order valence-corrected chi connectivity index (χ0v) is 18.5. The Kier molecular flexibility index (Phi) is 7.11. The molecular formula is C19H25NaO3S. The fraction of sp³-hybridized carbons (Fsp3) is 0.474. The van der Waals surface area contributed by atoms with Crippen molar-refractivity contribution in [3.63, 3.8) is 0 Å². The van der Waals surface area contributed by atoms with Gasteiger partial charge >= 0.3 is 29.6 Å². The van der Waals surface area contributed by atoms with Gasteiger partial charge in [-0.1, -0.05) is 53.7 Å². The average molecular weight is 356 g/mol. The summed E-state index contributed by atoms with van der Waals surface area (Å²) in [4.78, 5) is -0.0874. The number of hydrogen-bond donors (Lipinski definition) is 0. The molecule has 0 N–H and O–H groups in total. The van der Waals surface area contributed by atoms with Gasteiger partial charge in [0.2, 0.25) is 0 Å². The van der Waals surface area contributed by atoms with Crippen LogP contribution in [0, 0.1) is 0 Å². The van der Waals surface area contributed by atoms with E-state index < -0.39 is 10.1 Å². The third-order valence-corrected chi connectivity index (χ3v) is 5.21. The van der Waals surface area contributed by atoms with Gasteiger partial charge in [-0.05, 0) is 57.3 Å². The molecule has 0 heterocycles. The Morgan fingerprint density at radius 2 is 1.33 bits per heavy atom. The van der Waals surface area contributed by atoms with Crippen LogP contribution in [0.2, 0.25) is 0 Å². The summed E-state index contributed by atoms with van der Waals surface area (Å²) < 4.78 is 35.1. The summed E-state index contributed by atoms with van der Waals surface area (Å²) in [5.41, 5.74) is 2.96. The maximum Gasteiger partial charge on any atom is 1.00 e. The van der Waals surface area contributed by atoms with Gasteiger partial charge in [0.05, 0.1) is 4.90 Å². The van der Waals surface area contributed by atoms with Crippen LogP contribution in [0.5, 0.6) is 0 Å². The molecule has 0 aliphatic carbocycles. The molecule has 0 aliphatic rings. The molecule has 0 fully saturated rings. The third kappa shape index (κ3) is 4.41. The molecule has 0 aromatic heterocycles. The van der Waals surface area contributed by atoms with Crippen LogP contribution in [0.3, 0.4) is 0 Å². The van der Waals surface area contributed by atoms with Crippen molar-refractivity contribution in [2.45, 2.75) is 64.2 Å². The van der Waals surface area contributed by atoms with Gasteiger partial charge < -0.3 is 4.55 Å². The van der Waals surface area contributed by atoms with Gasteiger partial charge in [-0.3, -0.25) is 0 Å². The maximum atomic E-state index is 11.7. The molecule has 0 amide bonds. The Hall–Kier alpha value is -0.390. The van der Waals surface area contributed by atoms with Crippen LogP contribution in [0.15, 0.2) is 29.2 Å². The molecule has 3 nitrogen and oxygen atoms in total. The molecule has 0 aliphatic heterocycles. The average Bonchev–Trinajstić information content (AvgIpc) is 2.43. The van der Waals surface area contributed by atoms with E-state index in [0.29, 0.717) is 17.4 Å². The standard InChI is InChI=1S/C19H26O3S.Na/c1-11(2)14-7-15-9-19(23(20,21)22)17(13(5)6)10-18(15)16(8-14)12(3)4;/h7-13H,1-6H3,(H,20,21,22);/q;+1/p-1. The minimum absolute atomic E-state index is 0. The van der Waals surface area contributed by atoms with Crippen molar-refractivity contribution in [3.05, 3.63) is 41.0 Å². The summed E-state index contributed by atoms with van der Waals surface area (Å²) in [5.74, 6) is 0.641. The van der Waals surface area contributed by atoms with Crippen molar-refractivity contribution in [2.75, 3.05) is 0 Å². The smallest absolute Gasteiger partial charge is 0.744 e. The summed E-state index contributed by atoms with van der Waals surface area (Å²) in [6.07, 6.45) is 0. The minimum Gasteiger partial charge on any atom is -0.744 e. The van der Waals surface area contributed by atoms with Crippen LogP contribution in [0.1, 0.15) is 76.0 Å². The minimum atomic E-state index is -4.49. The van der Waals surface area contributed by atoms with Gasteiger partial charge in [0.1, 0.15) is 10.1 Å². The topological polar surface area (TPSA) is 57.2 Å². The molecule has 0 saturated carbocycles. The van der Waals surface area contributed by atoms with Crippen molar-refractivity contribution in [1.82, 2.24) is 0 Å². The van der Waals surface area contributed by atoms with Gasteiger partial charge in [0.25, 0.3) is 0 Å². The normalized spacial score (nSPS) is 12.2. The van der Waals surface area contributed by atoms with Crippen LogP contribution < -0.4 is 29.6 Å². The summed E-state index contributed by atoms with van der Waals surface area (Å²) in [7, 11) is -4.49. The Morgan fingerprint density at radius 3 is 1.75 bits per heavy atom. The Balaban J connectivity index is 0.00000288. The van der Waals surface area contributed by atoms with E-state index in [-0.39, 0.29) is 40.4 Å². The maximum absolute atomic E-state index is 11.7. The van der Waals surface area contributed by atoms with E-state index in [2.05, 4.69) is 33.8 Å². The van der Waals surface area contributed by atoms with E-state index in [4.69, 9.17) is 0 Å². The van der Waals surface area contributed by atoms with Gasteiger partial charge in [-0.15, -0.1) is 0 Å². The molecule has 24 heavy (non-hydrogen) atoms. The van der Waals surface area contributed by atoms with E-state index in [1.165, 1.54) is 5.56 Å². The Morgan fingerprint density at radius 1 is 0.792 bits per heavy atom. The van der Waals surface area contributed by atoms with E-state index in [1.807, 2.05) is 26.0 Å². The molecule has 5 heteroatoms. The summed E-state index contributed by atoms with van der Waals surface area (Å²) in [5, 5.41) is 1.87. The van der Waals surface area contributed by atoms with E-state index >= 15 is 0 Å². The number of hydrogen-bond acceptors (Lipinski definition) is 3. The number of benzene rings is 2. The Labute approximate surface area is 167 Å². The quantitative estimate of drug-likeness (QED) is 0.623. The van der Waals surface area contributed by atoms with Gasteiger partial charge in [0.15, 0.2) is 0 Å². The van der Waals surface area contributed by atoms with E-state index in [0.717, 1.165) is 16.3 Å². The summed E-state index contributed by atoms with van der Waals surface area (Å²) >= 11 is 0. The molecule has 0 bridgehead atoms. The zero-order chi connectivity index (χ0) is 17.5. The third-order valence-electron chi connectivity index (χ3n) is 4.32. The van der Waals surface area contributed by atoms with Crippen LogP contribution in [-0.4, -0.2) is 13.0 Å². The fourth-order valence-corrected chi connectivity index (χ4v) is 3.79. The zero-order valence-electron chi connectivity index (χ0n) is 15.7. The number of rotatable bonds is 4. The van der Waals surface area contributed by atoms with Crippen molar-refractivity contribution in [2.24, 2.45) is 0 Å². The van der Waals surface area contributed by atoms with Gasteiger partial charge in [-0.25, -0.2) is 8.42 Å². The van der Waals surface area contributed by atoms with Crippen LogP contribution in [-0.2, 0) is 10.1 Å². The second kappa shape index (κ2) is 7.88. The van der Waals surface area contributed by atoms with E-state index in [1.54, 1.807) is 6.07 Å². The molecule has 0 radical (unpaired) electrons. The van der Waals surface area contributed by atoms with Crippen LogP contribution in [0.4, 0.5) is 0 Å². The summed E-state index contributed by atoms with van der Waals surface area (Å²) in [6.45, 7) is 12.3. The van der Waals surface area contributed by atoms with Crippen LogP contribution in [0.25, 0.3) is 10.8 Å². The predicted octanol–water partition coefficient (Wildman–Crippen LogP) is 2.12. The molecule has 2 rings (SSSR count). The second-order valence-electron chi connectivity index (χ2n) is 7.14. The molecule has 2 aromatic rings. The Bertz CT molecular complexity index is 837. The van der Waals surface area contributed by atoms with Crippen molar-refractivity contribution in [1.29, 1.82) is 0 Å². The first-order valence-corrected chi connectivity index (χ1v) is 9.50. The monoisotopic (exact) mass is 356 g/mol. The molecular weight excluding hydrogens is 331 g/mol. The van der Waals surface area contributed by atoms with Crippen molar-refractivity contribution < 1.29 is 42.5 Å². The fourth-order valence-electron chi connectivity index (χ4n) is 2.94. The molecule has 126 valence electrons. The van der Waals surface area contributed by atoms with E-state index in [9.17, 15) is 13.0 Å². The summed E-state index contributed by atoms with van der Waals surface area (Å²) in [6, 6.07) is 7.66. The largest absolute Gasteiger partial charge is 1.00 e. The molecule has 0 saturated heterocycles. The first-order valence-electron chi connectivity index (χ1n) is 8.09. The second-order valence-corrected chi connectivity index (χ2v) is 8.49. The first kappa shape index (κ1) is 21.7. The van der Waals surface area contributed by atoms with Crippen molar-refractivity contribution in [3.8, 4) is 0 Å². The molecule has 0 atom stereocenters. The molecule has 0 spiro atoms. The predicted molar refractivity (Wildman–Crippen MR) is 94.2 cm³/mol. The first-order chi connectivity index (χ1) is 10.5. The molecule has 0 unspecified atom stereocenters.